The number of benzene rings is 1. The van der Waals surface area contributed by atoms with E-state index in [0.29, 0.717) is 0 Å². The summed E-state index contributed by atoms with van der Waals surface area (Å²) in [5.41, 5.74) is 4.42. The number of aryl methyl sites for hydroxylation is 2. The molecule has 1 atom stereocenters. The van der Waals surface area contributed by atoms with E-state index in [9.17, 15) is 0 Å². The predicted molar refractivity (Wildman–Crippen MR) is 78.0 cm³/mol. The molecule has 1 aromatic heterocycles. The fraction of sp³-hybridized carbons (Fsp3) is 0.214. The fourth-order valence-corrected chi connectivity index (χ4v) is 3.19. The summed E-state index contributed by atoms with van der Waals surface area (Å²) in [7, 11) is 0. The maximum absolute atomic E-state index is 6.54. The molecule has 1 aliphatic carbocycles. The highest BCUT2D eigenvalue weighted by Gasteiger charge is 2.24. The van der Waals surface area contributed by atoms with Gasteiger partial charge in [-0.05, 0) is 41.7 Å². The van der Waals surface area contributed by atoms with Crippen molar-refractivity contribution in [2.45, 2.75) is 18.2 Å². The van der Waals surface area contributed by atoms with E-state index in [1.807, 2.05) is 18.2 Å². The van der Waals surface area contributed by atoms with Gasteiger partial charge in [0.2, 0.25) is 0 Å². The van der Waals surface area contributed by atoms with Gasteiger partial charge in [0.1, 0.15) is 5.38 Å². The van der Waals surface area contributed by atoms with Crippen LogP contribution in [0.2, 0.25) is 5.02 Å². The Kier molecular flexibility index (Phi) is 4.16. The topological polar surface area (TPSA) is 12.9 Å². The molecule has 1 heterocycles. The van der Waals surface area contributed by atoms with Crippen molar-refractivity contribution in [3.05, 3.63) is 63.9 Å². The minimum absolute atomic E-state index is 0. The highest BCUT2D eigenvalue weighted by molar-refractivity contribution is 6.33. The molecule has 0 saturated carbocycles. The standard InChI is InChI=1S/C14H11Cl2N.ClH/c15-11-5-1-3-9-6-7-10-4-2-8-17-14(10)13(16)12(9)11;/h1-5,8,13H,6-7H2;1H. The van der Waals surface area contributed by atoms with Gasteiger partial charge in [-0.1, -0.05) is 29.8 Å². The van der Waals surface area contributed by atoms with Gasteiger partial charge < -0.3 is 0 Å². The van der Waals surface area contributed by atoms with Gasteiger partial charge in [-0.2, -0.15) is 0 Å². The lowest BCUT2D eigenvalue weighted by Gasteiger charge is -2.13. The van der Waals surface area contributed by atoms with Crippen molar-refractivity contribution < 1.29 is 0 Å². The lowest BCUT2D eigenvalue weighted by Crippen LogP contribution is -2.00. The van der Waals surface area contributed by atoms with Crippen molar-refractivity contribution >= 4 is 35.6 Å². The van der Waals surface area contributed by atoms with Crippen LogP contribution in [0, 0.1) is 0 Å². The number of aromatic nitrogens is 1. The number of rotatable bonds is 0. The van der Waals surface area contributed by atoms with E-state index >= 15 is 0 Å². The van der Waals surface area contributed by atoms with Gasteiger partial charge in [0.05, 0.1) is 5.69 Å². The third-order valence-electron chi connectivity index (χ3n) is 3.23. The summed E-state index contributed by atoms with van der Waals surface area (Å²) < 4.78 is 0. The average molecular weight is 301 g/mol. The molecule has 1 aromatic carbocycles. The molecule has 2 aromatic rings. The lowest BCUT2D eigenvalue weighted by molar-refractivity contribution is 0.950. The fourth-order valence-electron chi connectivity index (χ4n) is 2.38. The molecule has 0 spiro atoms. The monoisotopic (exact) mass is 299 g/mol. The molecule has 94 valence electrons. The molecule has 1 unspecified atom stereocenters. The molecule has 1 aliphatic rings. The number of nitrogens with zero attached hydrogens (tertiary/aromatic N) is 1. The minimum atomic E-state index is -0.239. The summed E-state index contributed by atoms with van der Waals surface area (Å²) in [5.74, 6) is 0. The van der Waals surface area contributed by atoms with Crippen molar-refractivity contribution in [3.63, 3.8) is 0 Å². The largest absolute Gasteiger partial charge is 0.259 e. The Hall–Kier alpha value is -0.760. The Morgan fingerprint density at radius 2 is 1.78 bits per heavy atom. The zero-order chi connectivity index (χ0) is 11.8. The number of halogens is 3. The summed E-state index contributed by atoms with van der Waals surface area (Å²) in [6.45, 7) is 0. The van der Waals surface area contributed by atoms with Crippen molar-refractivity contribution in [2.24, 2.45) is 0 Å². The molecule has 0 bridgehead atoms. The molecular weight excluding hydrogens is 289 g/mol. The SMILES string of the molecule is Cl.Clc1cccc2c1C(Cl)c1ncccc1CC2. The molecule has 0 N–H and O–H groups in total. The quantitative estimate of drug-likeness (QED) is 0.649. The van der Waals surface area contributed by atoms with E-state index in [4.69, 9.17) is 23.2 Å². The molecule has 18 heavy (non-hydrogen) atoms. The van der Waals surface area contributed by atoms with Crippen LogP contribution >= 0.6 is 35.6 Å². The lowest BCUT2D eigenvalue weighted by atomic mass is 10.0. The van der Waals surface area contributed by atoms with Gasteiger partial charge in [-0.15, -0.1) is 24.0 Å². The second-order valence-corrected chi connectivity index (χ2v) is 5.07. The third-order valence-corrected chi connectivity index (χ3v) is 3.98. The van der Waals surface area contributed by atoms with Crippen molar-refractivity contribution in [3.8, 4) is 0 Å². The minimum Gasteiger partial charge on any atom is -0.259 e. The molecule has 0 fully saturated rings. The third kappa shape index (κ3) is 2.23. The molecule has 0 aliphatic heterocycles. The first kappa shape index (κ1) is 13.7. The van der Waals surface area contributed by atoms with Gasteiger partial charge in [0, 0.05) is 11.2 Å². The summed E-state index contributed by atoms with van der Waals surface area (Å²) >= 11 is 12.8. The molecule has 1 nitrogen and oxygen atoms in total. The Morgan fingerprint density at radius 3 is 2.61 bits per heavy atom. The van der Waals surface area contributed by atoms with Gasteiger partial charge in [-0.3, -0.25) is 4.98 Å². The van der Waals surface area contributed by atoms with Crippen molar-refractivity contribution in [2.75, 3.05) is 0 Å². The summed E-state index contributed by atoms with van der Waals surface area (Å²) in [5, 5.41) is 0.499. The zero-order valence-electron chi connectivity index (χ0n) is 9.57. The average Bonchev–Trinajstić information content (AvgIpc) is 2.49. The first-order chi connectivity index (χ1) is 8.27. The maximum atomic E-state index is 6.54. The van der Waals surface area contributed by atoms with E-state index in [2.05, 4.69) is 17.1 Å². The molecule has 3 rings (SSSR count). The Morgan fingerprint density at radius 1 is 1.06 bits per heavy atom. The van der Waals surface area contributed by atoms with E-state index in [1.54, 1.807) is 6.20 Å². The number of fused-ring (bicyclic) bond motifs is 2. The first-order valence-corrected chi connectivity index (χ1v) is 6.44. The Bertz CT molecular complexity index is 569. The summed E-state index contributed by atoms with van der Waals surface area (Å²) in [6.07, 6.45) is 3.73. The van der Waals surface area contributed by atoms with Gasteiger partial charge in [0.15, 0.2) is 0 Å². The second-order valence-electron chi connectivity index (χ2n) is 4.22. The number of hydrogen-bond donors (Lipinski definition) is 0. The smallest absolute Gasteiger partial charge is 0.103 e. The predicted octanol–water partition coefficient (Wildman–Crippen LogP) is 4.58. The molecule has 0 radical (unpaired) electrons. The molecule has 0 saturated heterocycles. The summed E-state index contributed by atoms with van der Waals surface area (Å²) in [4.78, 5) is 4.41. The molecule has 0 amide bonds. The van der Waals surface area contributed by atoms with E-state index in [0.717, 1.165) is 29.1 Å². The van der Waals surface area contributed by atoms with Crippen LogP contribution in [0.3, 0.4) is 0 Å². The van der Waals surface area contributed by atoms with E-state index in [-0.39, 0.29) is 17.8 Å². The number of pyridine rings is 1. The summed E-state index contributed by atoms with van der Waals surface area (Å²) in [6, 6.07) is 10.0. The van der Waals surface area contributed by atoms with Crippen LogP contribution in [0.1, 0.15) is 27.8 Å². The van der Waals surface area contributed by atoms with Crippen LogP contribution in [0.5, 0.6) is 0 Å². The normalized spacial score (nSPS) is 17.1. The van der Waals surface area contributed by atoms with Crippen LogP contribution in [-0.4, -0.2) is 4.98 Å². The van der Waals surface area contributed by atoms with Crippen LogP contribution < -0.4 is 0 Å². The van der Waals surface area contributed by atoms with E-state index in [1.165, 1.54) is 11.1 Å². The Labute approximate surface area is 123 Å². The number of hydrogen-bond acceptors (Lipinski definition) is 1. The van der Waals surface area contributed by atoms with Crippen LogP contribution in [0.4, 0.5) is 0 Å². The van der Waals surface area contributed by atoms with Crippen LogP contribution in [0.25, 0.3) is 0 Å². The first-order valence-electron chi connectivity index (χ1n) is 5.62. The molecule has 4 heteroatoms. The van der Waals surface area contributed by atoms with Gasteiger partial charge in [0.25, 0.3) is 0 Å². The zero-order valence-corrected chi connectivity index (χ0v) is 11.9. The molecular formula is C14H12Cl3N. The van der Waals surface area contributed by atoms with Crippen molar-refractivity contribution in [1.29, 1.82) is 0 Å². The van der Waals surface area contributed by atoms with E-state index < -0.39 is 0 Å². The Balaban J connectivity index is 0.00000120. The second kappa shape index (κ2) is 5.48. The maximum Gasteiger partial charge on any atom is 0.103 e. The highest BCUT2D eigenvalue weighted by atomic mass is 35.5. The van der Waals surface area contributed by atoms with Crippen LogP contribution in [0.15, 0.2) is 36.5 Å². The van der Waals surface area contributed by atoms with Crippen LogP contribution in [-0.2, 0) is 12.8 Å². The van der Waals surface area contributed by atoms with Gasteiger partial charge >= 0.3 is 0 Å². The van der Waals surface area contributed by atoms with Gasteiger partial charge in [-0.25, -0.2) is 0 Å². The van der Waals surface area contributed by atoms with Crippen molar-refractivity contribution in [1.82, 2.24) is 4.98 Å². The number of alkyl halides is 1. The highest BCUT2D eigenvalue weighted by Crippen LogP contribution is 2.39.